The van der Waals surface area contributed by atoms with E-state index in [-0.39, 0.29) is 5.66 Å². The molecule has 0 aliphatic carbocycles. The number of halogens is 1. The van der Waals surface area contributed by atoms with Crippen LogP contribution in [0, 0.1) is 0 Å². The standard InChI is InChI=1S/C19H19ClN8/c20-15-9-14(26-17-1-5-21-12-23-17)11-28-16(15)10-25-19(28)3-7-27(8-4-19)18-2-6-22-13-24-18/h1-2,5-6,9-13,25H,3-4,7-8H2,(H,21,23,26). The second kappa shape index (κ2) is 6.79. The Balaban J connectivity index is 1.36. The zero-order valence-electron chi connectivity index (χ0n) is 15.1. The molecule has 8 nitrogen and oxygen atoms in total. The molecule has 2 N–H and O–H groups in total. The first-order chi connectivity index (χ1) is 13.7. The highest BCUT2D eigenvalue weighted by molar-refractivity contribution is 6.32. The lowest BCUT2D eigenvalue weighted by Crippen LogP contribution is -2.57. The van der Waals surface area contributed by atoms with Crippen LogP contribution in [-0.2, 0) is 0 Å². The third kappa shape index (κ3) is 2.95. The highest BCUT2D eigenvalue weighted by atomic mass is 35.5. The number of nitrogens with zero attached hydrogens (tertiary/aromatic N) is 6. The molecule has 142 valence electrons. The van der Waals surface area contributed by atoms with Gasteiger partial charge in [-0.3, -0.25) is 0 Å². The van der Waals surface area contributed by atoms with Crippen LogP contribution in [0.25, 0.3) is 0 Å². The Kier molecular flexibility index (Phi) is 4.12. The molecule has 0 atom stereocenters. The summed E-state index contributed by atoms with van der Waals surface area (Å²) in [5, 5.41) is 7.58. The molecule has 28 heavy (non-hydrogen) atoms. The lowest BCUT2D eigenvalue weighted by molar-refractivity contribution is 0.144. The van der Waals surface area contributed by atoms with E-state index in [2.05, 4.69) is 46.6 Å². The maximum Gasteiger partial charge on any atom is 0.133 e. The van der Waals surface area contributed by atoms with Crippen molar-refractivity contribution in [2.45, 2.75) is 18.5 Å². The molecule has 0 bridgehead atoms. The van der Waals surface area contributed by atoms with Crippen LogP contribution in [0.2, 0.25) is 0 Å². The Morgan fingerprint density at radius 2 is 1.86 bits per heavy atom. The summed E-state index contributed by atoms with van der Waals surface area (Å²) in [4.78, 5) is 21.1. The van der Waals surface area contributed by atoms with Gasteiger partial charge in [0.05, 0.1) is 16.4 Å². The van der Waals surface area contributed by atoms with Gasteiger partial charge >= 0.3 is 0 Å². The molecule has 3 aliphatic rings. The van der Waals surface area contributed by atoms with E-state index in [0.29, 0.717) is 5.03 Å². The number of rotatable bonds is 3. The maximum atomic E-state index is 6.58. The molecule has 0 radical (unpaired) electrons. The van der Waals surface area contributed by atoms with Crippen LogP contribution in [0.5, 0.6) is 0 Å². The molecule has 9 heteroatoms. The van der Waals surface area contributed by atoms with Crippen LogP contribution in [0.4, 0.5) is 11.6 Å². The number of allylic oxidation sites excluding steroid dienone is 2. The van der Waals surface area contributed by atoms with E-state index in [1.54, 1.807) is 18.7 Å². The van der Waals surface area contributed by atoms with E-state index in [0.717, 1.165) is 49.0 Å². The Morgan fingerprint density at radius 1 is 1.07 bits per heavy atom. The van der Waals surface area contributed by atoms with Crippen molar-refractivity contribution in [2.24, 2.45) is 0 Å². The van der Waals surface area contributed by atoms with Crippen molar-refractivity contribution in [3.05, 3.63) is 72.1 Å². The van der Waals surface area contributed by atoms with Crippen molar-refractivity contribution in [3.63, 3.8) is 0 Å². The number of nitrogens with one attached hydrogen (secondary N) is 2. The topological polar surface area (TPSA) is 82.1 Å². The lowest BCUT2D eigenvalue weighted by Gasteiger charge is -2.46. The zero-order valence-corrected chi connectivity index (χ0v) is 15.8. The van der Waals surface area contributed by atoms with Gasteiger partial charge in [-0.25, -0.2) is 19.9 Å². The van der Waals surface area contributed by atoms with Crippen molar-refractivity contribution in [3.8, 4) is 0 Å². The fraction of sp³-hybridized carbons (Fsp3) is 0.263. The minimum atomic E-state index is -0.189. The quantitative estimate of drug-likeness (QED) is 0.821. The van der Waals surface area contributed by atoms with Crippen molar-refractivity contribution < 1.29 is 0 Å². The van der Waals surface area contributed by atoms with Crippen LogP contribution in [0.15, 0.2) is 72.1 Å². The molecule has 0 amide bonds. The number of anilines is 2. The minimum Gasteiger partial charge on any atom is -0.367 e. The average Bonchev–Trinajstić information content (AvgIpc) is 3.09. The van der Waals surface area contributed by atoms with Gasteiger partial charge in [0.15, 0.2) is 0 Å². The highest BCUT2D eigenvalue weighted by Gasteiger charge is 2.45. The summed E-state index contributed by atoms with van der Waals surface area (Å²) in [5.74, 6) is 1.70. The van der Waals surface area contributed by atoms with E-state index in [4.69, 9.17) is 11.6 Å². The van der Waals surface area contributed by atoms with Crippen LogP contribution < -0.4 is 15.5 Å². The molecule has 1 spiro atoms. The van der Waals surface area contributed by atoms with Crippen LogP contribution in [0.3, 0.4) is 0 Å². The lowest BCUT2D eigenvalue weighted by atomic mass is 9.95. The number of fused-ring (bicyclic) bond motifs is 2. The molecule has 3 aliphatic heterocycles. The molecular weight excluding hydrogens is 376 g/mol. The van der Waals surface area contributed by atoms with Crippen molar-refractivity contribution >= 4 is 23.2 Å². The van der Waals surface area contributed by atoms with Gasteiger partial charge in [0.1, 0.15) is 30.0 Å². The first-order valence-electron chi connectivity index (χ1n) is 9.14. The summed E-state index contributed by atoms with van der Waals surface area (Å²) < 4.78 is 0. The van der Waals surface area contributed by atoms with Gasteiger partial charge in [-0.05, 0) is 18.2 Å². The normalized spacial score (nSPS) is 20.1. The van der Waals surface area contributed by atoms with Gasteiger partial charge in [-0.2, -0.15) is 0 Å². The maximum absolute atomic E-state index is 6.58. The predicted molar refractivity (Wildman–Crippen MR) is 107 cm³/mol. The molecule has 0 aromatic carbocycles. The third-order valence-corrected chi connectivity index (χ3v) is 5.63. The summed E-state index contributed by atoms with van der Waals surface area (Å²) in [6.45, 7) is 1.79. The zero-order chi connectivity index (χ0) is 19.0. The molecule has 1 saturated heterocycles. The first kappa shape index (κ1) is 17.0. The van der Waals surface area contributed by atoms with Crippen LogP contribution in [-0.4, -0.2) is 43.6 Å². The minimum absolute atomic E-state index is 0.189. The highest BCUT2D eigenvalue weighted by Crippen LogP contribution is 2.41. The monoisotopic (exact) mass is 394 g/mol. The predicted octanol–water partition coefficient (Wildman–Crippen LogP) is 2.40. The first-order valence-corrected chi connectivity index (χ1v) is 9.52. The molecule has 0 unspecified atom stereocenters. The largest absolute Gasteiger partial charge is 0.367 e. The molecule has 0 saturated carbocycles. The fourth-order valence-electron chi connectivity index (χ4n) is 3.88. The van der Waals surface area contributed by atoms with E-state index >= 15 is 0 Å². The van der Waals surface area contributed by atoms with Crippen molar-refractivity contribution in [1.82, 2.24) is 30.2 Å². The second-order valence-electron chi connectivity index (χ2n) is 6.93. The molecule has 1 fully saturated rings. The number of piperidine rings is 1. The summed E-state index contributed by atoms with van der Waals surface area (Å²) in [5.41, 5.74) is 1.69. The summed E-state index contributed by atoms with van der Waals surface area (Å²) >= 11 is 6.58. The third-order valence-electron chi connectivity index (χ3n) is 5.33. The van der Waals surface area contributed by atoms with Crippen LogP contribution >= 0.6 is 11.6 Å². The van der Waals surface area contributed by atoms with Gasteiger partial charge in [0.25, 0.3) is 0 Å². The number of hydrogen-bond donors (Lipinski definition) is 2. The van der Waals surface area contributed by atoms with E-state index in [1.165, 1.54) is 6.33 Å². The number of aromatic nitrogens is 4. The summed E-state index contributed by atoms with van der Waals surface area (Å²) in [6, 6.07) is 3.78. The van der Waals surface area contributed by atoms with Gasteiger partial charge in [-0.15, -0.1) is 0 Å². The average molecular weight is 395 g/mol. The van der Waals surface area contributed by atoms with E-state index in [1.807, 2.05) is 24.4 Å². The Labute approximate surface area is 167 Å². The molecular formula is C19H19ClN8. The Morgan fingerprint density at radius 3 is 2.57 bits per heavy atom. The smallest absolute Gasteiger partial charge is 0.133 e. The summed E-state index contributed by atoms with van der Waals surface area (Å²) in [6.07, 6.45) is 14.5. The van der Waals surface area contributed by atoms with E-state index < -0.39 is 0 Å². The molecule has 2 aromatic rings. The summed E-state index contributed by atoms with van der Waals surface area (Å²) in [7, 11) is 0. The number of hydrogen-bond acceptors (Lipinski definition) is 8. The molecule has 5 heterocycles. The van der Waals surface area contributed by atoms with Gasteiger partial charge in [-0.1, -0.05) is 11.6 Å². The molecule has 5 rings (SSSR count). The van der Waals surface area contributed by atoms with E-state index in [9.17, 15) is 0 Å². The van der Waals surface area contributed by atoms with Crippen molar-refractivity contribution in [1.29, 1.82) is 0 Å². The second-order valence-corrected chi connectivity index (χ2v) is 7.33. The Hall–Kier alpha value is -3.13. The van der Waals surface area contributed by atoms with Gasteiger partial charge < -0.3 is 20.4 Å². The molecule has 2 aromatic heterocycles. The van der Waals surface area contributed by atoms with Gasteiger partial charge in [0, 0.05) is 50.7 Å². The fourth-order valence-corrected chi connectivity index (χ4v) is 4.14. The van der Waals surface area contributed by atoms with Gasteiger partial charge in [0.2, 0.25) is 0 Å². The SMILES string of the molecule is ClC1=CC(Nc2ccncn2)=CN2C1=CNC21CCN(c2ccncn2)CC1. The van der Waals surface area contributed by atoms with Crippen LogP contribution in [0.1, 0.15) is 12.8 Å². The Bertz CT molecular complexity index is 948. The van der Waals surface area contributed by atoms with Crippen molar-refractivity contribution in [2.75, 3.05) is 23.3 Å².